The lowest BCUT2D eigenvalue weighted by Crippen LogP contribution is -2.24. The zero-order valence-corrected chi connectivity index (χ0v) is 9.37. The molecule has 0 spiro atoms. The topological polar surface area (TPSA) is 0 Å². The number of hydrogen-bond acceptors (Lipinski definition) is 3. The molecule has 0 aliphatic heterocycles. The van der Waals surface area contributed by atoms with Gasteiger partial charge in [-0.2, -0.15) is 35.3 Å². The van der Waals surface area contributed by atoms with Crippen LogP contribution in [0.2, 0.25) is 0 Å². The lowest BCUT2D eigenvalue weighted by molar-refractivity contribution is 1.79. The molecule has 0 aliphatic carbocycles. The van der Waals surface area contributed by atoms with Crippen molar-refractivity contribution in [1.82, 2.24) is 0 Å². The minimum Gasteiger partial charge on any atom is -0.173 e. The molecule has 0 unspecified atom stereocenters. The first kappa shape index (κ1) is 11.1. The maximum absolute atomic E-state index is 2.19. The molecular formula is C6H15BS3. The van der Waals surface area contributed by atoms with Crippen molar-refractivity contribution in [3.63, 3.8) is 0 Å². The van der Waals surface area contributed by atoms with Gasteiger partial charge in [0.25, 0.3) is 0 Å². The molecule has 60 valence electrons. The van der Waals surface area contributed by atoms with E-state index in [1.165, 1.54) is 17.0 Å². The molecule has 0 rings (SSSR count). The second-order valence-corrected chi connectivity index (χ2v) is 4.96. The minimum atomic E-state index is 0.917. The van der Waals surface area contributed by atoms with E-state index in [2.05, 4.69) is 18.8 Å². The molecule has 0 aromatic carbocycles. The van der Waals surface area contributed by atoms with E-state index in [0.717, 1.165) is 6.71 Å². The summed E-state index contributed by atoms with van der Waals surface area (Å²) in [6.07, 6.45) is 6.56. The monoisotopic (exact) mass is 194 g/mol. The summed E-state index contributed by atoms with van der Waals surface area (Å²) in [5.41, 5.74) is 3.96. The van der Waals surface area contributed by atoms with Crippen LogP contribution in [0.5, 0.6) is 0 Å². The van der Waals surface area contributed by atoms with Crippen molar-refractivity contribution >= 4 is 42.0 Å². The highest BCUT2D eigenvalue weighted by Crippen LogP contribution is 2.06. The minimum absolute atomic E-state index is 0.917. The average molecular weight is 194 g/mol. The fourth-order valence-corrected chi connectivity index (χ4v) is 3.42. The lowest BCUT2D eigenvalue weighted by atomic mass is 9.56. The van der Waals surface area contributed by atoms with Crippen LogP contribution in [0.4, 0.5) is 0 Å². The van der Waals surface area contributed by atoms with Gasteiger partial charge in [0.05, 0.1) is 0 Å². The summed E-state index contributed by atoms with van der Waals surface area (Å²) in [6, 6.07) is 0. The van der Waals surface area contributed by atoms with Gasteiger partial charge in [-0.1, -0.05) is 0 Å². The van der Waals surface area contributed by atoms with Gasteiger partial charge >= 0.3 is 0 Å². The van der Waals surface area contributed by atoms with Crippen molar-refractivity contribution in [3.8, 4) is 0 Å². The maximum atomic E-state index is 2.19. The van der Waals surface area contributed by atoms with Crippen LogP contribution in [0.1, 0.15) is 0 Å². The normalized spacial score (nSPS) is 9.90. The number of thioether (sulfide) groups is 3. The third-order valence-electron chi connectivity index (χ3n) is 1.21. The Morgan fingerprint density at radius 2 is 1.10 bits per heavy atom. The third kappa shape index (κ3) is 5.87. The molecule has 0 aromatic rings. The summed E-state index contributed by atoms with van der Waals surface area (Å²) >= 11 is 5.89. The molecule has 10 heavy (non-hydrogen) atoms. The van der Waals surface area contributed by atoms with E-state index < -0.39 is 0 Å². The SMILES string of the molecule is CSCB(CSC)CSC. The van der Waals surface area contributed by atoms with E-state index in [-0.39, 0.29) is 0 Å². The lowest BCUT2D eigenvalue weighted by Gasteiger charge is -2.07. The second kappa shape index (κ2) is 8.21. The highest BCUT2D eigenvalue weighted by Gasteiger charge is 2.10. The smallest absolute Gasteiger partial charge is 0.172 e. The Bertz CT molecular complexity index is 55.7. The Morgan fingerprint density at radius 1 is 0.800 bits per heavy atom. The Morgan fingerprint density at radius 3 is 1.30 bits per heavy atom. The molecule has 0 fully saturated rings. The Labute approximate surface area is 77.8 Å². The first-order chi connectivity index (χ1) is 4.85. The van der Waals surface area contributed by atoms with Crippen LogP contribution in [0.3, 0.4) is 0 Å². The first-order valence-electron chi connectivity index (χ1n) is 3.32. The first-order valence-corrected chi connectivity index (χ1v) is 7.50. The summed E-state index contributed by atoms with van der Waals surface area (Å²) < 4.78 is 0. The van der Waals surface area contributed by atoms with E-state index in [0.29, 0.717) is 0 Å². The van der Waals surface area contributed by atoms with Crippen LogP contribution in [0, 0.1) is 0 Å². The molecule has 4 heteroatoms. The number of rotatable bonds is 6. The molecule has 0 aliphatic rings. The van der Waals surface area contributed by atoms with Crippen molar-refractivity contribution in [2.45, 2.75) is 0 Å². The molecule has 0 saturated carbocycles. The van der Waals surface area contributed by atoms with Gasteiger partial charge in [0.15, 0.2) is 6.71 Å². The van der Waals surface area contributed by atoms with Gasteiger partial charge in [-0.05, 0) is 35.7 Å². The van der Waals surface area contributed by atoms with Crippen LogP contribution in [-0.4, -0.2) is 42.4 Å². The van der Waals surface area contributed by atoms with Crippen LogP contribution in [-0.2, 0) is 0 Å². The summed E-state index contributed by atoms with van der Waals surface area (Å²) in [4.78, 5) is 0. The fourth-order valence-electron chi connectivity index (χ4n) is 0.851. The van der Waals surface area contributed by atoms with E-state index in [4.69, 9.17) is 0 Å². The van der Waals surface area contributed by atoms with Gasteiger partial charge in [-0.3, -0.25) is 0 Å². The van der Waals surface area contributed by atoms with Crippen molar-refractivity contribution in [1.29, 1.82) is 0 Å². The van der Waals surface area contributed by atoms with E-state index in [1.807, 2.05) is 35.3 Å². The average Bonchev–Trinajstić information content (AvgIpc) is 1.90. The van der Waals surface area contributed by atoms with Crippen molar-refractivity contribution in [3.05, 3.63) is 0 Å². The Kier molecular flexibility index (Phi) is 9.13. The van der Waals surface area contributed by atoms with Crippen LogP contribution in [0.15, 0.2) is 0 Å². The summed E-state index contributed by atoms with van der Waals surface area (Å²) in [6.45, 7) is 0.917. The quantitative estimate of drug-likeness (QED) is 0.595. The largest absolute Gasteiger partial charge is 0.173 e. The van der Waals surface area contributed by atoms with Crippen LogP contribution >= 0.6 is 35.3 Å². The van der Waals surface area contributed by atoms with Gasteiger partial charge in [0.1, 0.15) is 0 Å². The van der Waals surface area contributed by atoms with Crippen molar-refractivity contribution < 1.29 is 0 Å². The van der Waals surface area contributed by atoms with Crippen molar-refractivity contribution in [2.75, 3.05) is 35.7 Å². The Hall–Kier alpha value is 1.11. The summed E-state index contributed by atoms with van der Waals surface area (Å²) in [5, 5.41) is 0. The summed E-state index contributed by atoms with van der Waals surface area (Å²) in [7, 11) is 0. The van der Waals surface area contributed by atoms with E-state index >= 15 is 0 Å². The fraction of sp³-hybridized carbons (Fsp3) is 1.00. The summed E-state index contributed by atoms with van der Waals surface area (Å²) in [5.74, 6) is 0. The second-order valence-electron chi connectivity index (χ2n) is 2.23. The van der Waals surface area contributed by atoms with Gasteiger partial charge in [-0.25, -0.2) is 0 Å². The van der Waals surface area contributed by atoms with Gasteiger partial charge < -0.3 is 0 Å². The van der Waals surface area contributed by atoms with E-state index in [9.17, 15) is 0 Å². The predicted molar refractivity (Wildman–Crippen MR) is 60.9 cm³/mol. The van der Waals surface area contributed by atoms with Gasteiger partial charge in [-0.15, -0.1) is 0 Å². The van der Waals surface area contributed by atoms with E-state index in [1.54, 1.807) is 0 Å². The van der Waals surface area contributed by atoms with Crippen LogP contribution < -0.4 is 0 Å². The highest BCUT2D eigenvalue weighted by molar-refractivity contribution is 8.04. The molecule has 0 heterocycles. The molecule has 0 radical (unpaired) electrons. The third-order valence-corrected chi connectivity index (χ3v) is 3.62. The molecule has 0 bridgehead atoms. The molecule has 0 nitrogen and oxygen atoms in total. The molecule has 0 atom stereocenters. The molecule has 0 N–H and O–H groups in total. The predicted octanol–water partition coefficient (Wildman–Crippen LogP) is 2.19. The van der Waals surface area contributed by atoms with Crippen LogP contribution in [0.25, 0.3) is 0 Å². The molecular weight excluding hydrogens is 179 g/mol. The zero-order chi connectivity index (χ0) is 7.82. The van der Waals surface area contributed by atoms with Crippen molar-refractivity contribution in [2.24, 2.45) is 0 Å². The maximum Gasteiger partial charge on any atom is 0.172 e. The highest BCUT2D eigenvalue weighted by atomic mass is 32.2. The molecule has 0 aromatic heterocycles. The van der Waals surface area contributed by atoms with Gasteiger partial charge in [0.2, 0.25) is 0 Å². The number of hydrogen-bond donors (Lipinski definition) is 0. The Balaban J connectivity index is 3.30. The standard InChI is InChI=1S/C6H15BS3/c1-8-4-7(5-9-2)6-10-3/h4-6H2,1-3H3. The zero-order valence-electron chi connectivity index (χ0n) is 6.92. The molecule has 0 amide bonds. The van der Waals surface area contributed by atoms with Gasteiger partial charge in [0, 0.05) is 0 Å². The molecule has 0 saturated heterocycles.